The van der Waals surface area contributed by atoms with Crippen LogP contribution in [0.5, 0.6) is 11.5 Å². The molecule has 0 bridgehead atoms. The van der Waals surface area contributed by atoms with Crippen molar-refractivity contribution in [1.29, 1.82) is 5.26 Å². The number of nitriles is 1. The van der Waals surface area contributed by atoms with Crippen LogP contribution < -0.4 is 15.0 Å². The number of rotatable bonds is 12. The van der Waals surface area contributed by atoms with Crippen LogP contribution in [-0.4, -0.2) is 66.5 Å². The largest absolute Gasteiger partial charge is 0.456 e. The highest BCUT2D eigenvalue weighted by atomic mass is 35.5. The van der Waals surface area contributed by atoms with Crippen molar-refractivity contribution < 1.29 is 18.1 Å². The van der Waals surface area contributed by atoms with Gasteiger partial charge in [0.15, 0.2) is 5.65 Å². The lowest BCUT2D eigenvalue weighted by atomic mass is 9.72. The first kappa shape index (κ1) is 37.9. The normalized spacial score (nSPS) is 16.2. The Morgan fingerprint density at radius 2 is 1.80 bits per heavy atom. The van der Waals surface area contributed by atoms with Crippen LogP contribution >= 0.6 is 11.6 Å². The summed E-state index contributed by atoms with van der Waals surface area (Å²) in [4.78, 5) is 20.2. The van der Waals surface area contributed by atoms with E-state index in [-0.39, 0.29) is 34.6 Å². The number of hydrogen-bond donors (Lipinski definition) is 1. The average Bonchev–Trinajstić information content (AvgIpc) is 3.61. The molecule has 0 amide bonds. The van der Waals surface area contributed by atoms with E-state index in [2.05, 4.69) is 52.1 Å². The van der Waals surface area contributed by atoms with Crippen LogP contribution in [0.2, 0.25) is 5.02 Å². The van der Waals surface area contributed by atoms with Crippen LogP contribution in [0.4, 0.5) is 17.1 Å². The number of piperazine rings is 1. The molecule has 0 radical (unpaired) electrons. The van der Waals surface area contributed by atoms with E-state index in [1.165, 1.54) is 47.7 Å². The molecule has 284 valence electrons. The van der Waals surface area contributed by atoms with Gasteiger partial charge in [-0.1, -0.05) is 49.2 Å². The number of benzene rings is 3. The van der Waals surface area contributed by atoms with Crippen LogP contribution in [0.1, 0.15) is 45.1 Å². The lowest BCUT2D eigenvalue weighted by Gasteiger charge is -2.39. The highest BCUT2D eigenvalue weighted by Crippen LogP contribution is 2.43. The van der Waals surface area contributed by atoms with Gasteiger partial charge in [0.1, 0.15) is 17.2 Å². The van der Waals surface area contributed by atoms with E-state index >= 15 is 0 Å². The summed E-state index contributed by atoms with van der Waals surface area (Å²) in [5.74, 6) is 1.07. The predicted molar refractivity (Wildman–Crippen MR) is 215 cm³/mol. The maximum Gasteiger partial charge on any atom is 0.293 e. The first-order chi connectivity index (χ1) is 26.4. The van der Waals surface area contributed by atoms with E-state index in [9.17, 15) is 18.5 Å². The van der Waals surface area contributed by atoms with Gasteiger partial charge in [-0.05, 0) is 84.3 Å². The van der Waals surface area contributed by atoms with Crippen molar-refractivity contribution in [3.8, 4) is 17.6 Å². The van der Waals surface area contributed by atoms with Crippen molar-refractivity contribution >= 4 is 55.3 Å². The van der Waals surface area contributed by atoms with Crippen molar-refractivity contribution in [2.75, 3.05) is 49.5 Å². The topological polar surface area (TPSA) is 147 Å². The average molecular weight is 780 g/mol. The zero-order valence-electron chi connectivity index (χ0n) is 30.7. The van der Waals surface area contributed by atoms with Crippen molar-refractivity contribution in [3.63, 3.8) is 0 Å². The molecule has 0 saturated carbocycles. The van der Waals surface area contributed by atoms with Crippen molar-refractivity contribution in [2.45, 2.75) is 44.4 Å². The van der Waals surface area contributed by atoms with Gasteiger partial charge in [-0.3, -0.25) is 15.0 Å². The van der Waals surface area contributed by atoms with Crippen LogP contribution in [-0.2, 0) is 10.0 Å². The molecule has 1 fully saturated rings. The third kappa shape index (κ3) is 8.47. The second-order valence-corrected chi connectivity index (χ2v) is 17.0. The molecule has 1 N–H and O–H groups in total. The molecule has 0 atom stereocenters. The van der Waals surface area contributed by atoms with Gasteiger partial charge in [0.05, 0.1) is 28.5 Å². The van der Waals surface area contributed by atoms with Crippen LogP contribution in [0.3, 0.4) is 0 Å². The minimum Gasteiger partial charge on any atom is -0.456 e. The van der Waals surface area contributed by atoms with Crippen molar-refractivity contribution in [2.24, 2.45) is 5.41 Å². The standard InChI is InChI=1S/C41H42ClN7O5S/c1-41(2)15-13-31(37(26-41)29-7-9-32(42)10-8-29)28-46-19-21-47(22-20-46)33-5-3-6-34(24-33)54-35-23-30-14-18-48(40(30)45-27-35)55(52,53)36-11-12-38(44-17-4-16-43)39(25-36)49(50)51/h3,5-12,14,18,23-25,27,44H,4,13,15,17,19-22,26,28H2,1-2H3. The monoisotopic (exact) mass is 779 g/mol. The Hall–Kier alpha value is -5.42. The number of halogens is 1. The number of nitrogens with one attached hydrogen (secondary N) is 1. The lowest BCUT2D eigenvalue weighted by molar-refractivity contribution is -0.384. The summed E-state index contributed by atoms with van der Waals surface area (Å²) >= 11 is 6.21. The fourth-order valence-electron chi connectivity index (χ4n) is 7.35. The number of nitro groups is 1. The van der Waals surface area contributed by atoms with Gasteiger partial charge in [0.25, 0.3) is 15.7 Å². The minimum absolute atomic E-state index is 0.129. The molecular weight excluding hydrogens is 738 g/mol. The van der Waals surface area contributed by atoms with Crippen molar-refractivity contribution in [1.82, 2.24) is 13.9 Å². The smallest absolute Gasteiger partial charge is 0.293 e. The fraction of sp³-hybridized carbons (Fsp3) is 0.317. The molecular formula is C41H42ClN7O5S. The van der Waals surface area contributed by atoms with E-state index in [0.29, 0.717) is 16.9 Å². The third-order valence-corrected chi connectivity index (χ3v) is 12.2. The van der Waals surface area contributed by atoms with Gasteiger partial charge in [-0.15, -0.1) is 0 Å². The zero-order chi connectivity index (χ0) is 38.7. The van der Waals surface area contributed by atoms with E-state index in [0.717, 1.165) is 66.3 Å². The molecule has 3 heterocycles. The summed E-state index contributed by atoms with van der Waals surface area (Å²) in [5.41, 5.74) is 5.48. The fourth-order valence-corrected chi connectivity index (χ4v) is 8.80. The highest BCUT2D eigenvalue weighted by Gasteiger charge is 2.30. The number of nitrogens with zero attached hydrogens (tertiary/aromatic N) is 6. The van der Waals surface area contributed by atoms with E-state index in [1.807, 2.05) is 36.4 Å². The molecule has 1 aliphatic carbocycles. The second-order valence-electron chi connectivity index (χ2n) is 14.8. The summed E-state index contributed by atoms with van der Waals surface area (Å²) in [5, 5.41) is 24.6. The van der Waals surface area contributed by atoms with Gasteiger partial charge < -0.3 is 15.0 Å². The van der Waals surface area contributed by atoms with Gasteiger partial charge in [-0.25, -0.2) is 17.4 Å². The number of hydrogen-bond acceptors (Lipinski definition) is 10. The molecule has 2 aliphatic rings. The molecule has 0 unspecified atom stereocenters. The van der Waals surface area contributed by atoms with Gasteiger partial charge >= 0.3 is 0 Å². The Morgan fingerprint density at radius 1 is 1.02 bits per heavy atom. The SMILES string of the molecule is CC1(C)CCC(CN2CCN(c3cccc(Oc4cnc5c(ccn5S(=O)(=O)c5ccc(NCCC#N)c([N+](=O)[O-])c5)c4)c3)CC2)=C(c2ccc(Cl)cc2)C1. The molecule has 55 heavy (non-hydrogen) atoms. The van der Waals surface area contributed by atoms with E-state index < -0.39 is 20.6 Å². The van der Waals surface area contributed by atoms with E-state index in [1.54, 1.807) is 12.1 Å². The number of fused-ring (bicyclic) bond motifs is 1. The first-order valence-corrected chi connectivity index (χ1v) is 20.1. The Bertz CT molecular complexity index is 2410. The Labute approximate surface area is 325 Å². The Morgan fingerprint density at radius 3 is 2.55 bits per heavy atom. The number of pyridine rings is 1. The second kappa shape index (κ2) is 15.7. The number of aromatic nitrogens is 2. The molecule has 14 heteroatoms. The number of allylic oxidation sites excluding steroid dienone is 1. The number of ether oxygens (including phenoxy) is 1. The molecule has 1 aliphatic heterocycles. The summed E-state index contributed by atoms with van der Waals surface area (Å²) in [6.07, 6.45) is 6.32. The molecule has 2 aromatic heterocycles. The quantitative estimate of drug-likeness (QED) is 0.0741. The van der Waals surface area contributed by atoms with Crippen LogP contribution in [0, 0.1) is 26.9 Å². The molecule has 7 rings (SSSR count). The molecule has 5 aromatic rings. The molecule has 3 aromatic carbocycles. The Balaban J connectivity index is 1.02. The minimum atomic E-state index is -4.23. The summed E-state index contributed by atoms with van der Waals surface area (Å²) in [6.45, 7) is 9.54. The molecule has 12 nitrogen and oxygen atoms in total. The number of anilines is 2. The lowest BCUT2D eigenvalue weighted by Crippen LogP contribution is -2.47. The van der Waals surface area contributed by atoms with Crippen molar-refractivity contribution in [3.05, 3.63) is 118 Å². The predicted octanol–water partition coefficient (Wildman–Crippen LogP) is 8.74. The van der Waals surface area contributed by atoms with Gasteiger partial charge in [0.2, 0.25) is 0 Å². The summed E-state index contributed by atoms with van der Waals surface area (Å²) in [7, 11) is -4.23. The zero-order valence-corrected chi connectivity index (χ0v) is 32.3. The Kier molecular flexibility index (Phi) is 10.8. The maximum atomic E-state index is 13.6. The summed E-state index contributed by atoms with van der Waals surface area (Å²) in [6, 6.07) is 25.1. The van der Waals surface area contributed by atoms with Crippen LogP contribution in [0.15, 0.2) is 102 Å². The first-order valence-electron chi connectivity index (χ1n) is 18.2. The third-order valence-electron chi connectivity index (χ3n) is 10.3. The number of nitro benzene ring substituents is 1. The van der Waals surface area contributed by atoms with Gasteiger partial charge in [-0.2, -0.15) is 5.26 Å². The highest BCUT2D eigenvalue weighted by molar-refractivity contribution is 7.90. The molecule has 0 spiro atoms. The molecule has 1 saturated heterocycles. The summed E-state index contributed by atoms with van der Waals surface area (Å²) < 4.78 is 34.5. The van der Waals surface area contributed by atoms with Crippen LogP contribution in [0.25, 0.3) is 16.6 Å². The maximum absolute atomic E-state index is 13.6. The van der Waals surface area contributed by atoms with Gasteiger partial charge in [0, 0.05) is 73.7 Å². The van der Waals surface area contributed by atoms with E-state index in [4.69, 9.17) is 21.6 Å².